The molecule has 1 unspecified atom stereocenters. The molecule has 768 valence electrons. The van der Waals surface area contributed by atoms with E-state index in [1.54, 1.807) is 218 Å². The van der Waals surface area contributed by atoms with E-state index in [-0.39, 0.29) is 65.0 Å². The van der Waals surface area contributed by atoms with Crippen molar-refractivity contribution in [2.75, 3.05) is 103 Å². The second kappa shape index (κ2) is 54.4. The number of rotatable bonds is 39. The van der Waals surface area contributed by atoms with Gasteiger partial charge in [-0.15, -0.1) is 12.4 Å². The van der Waals surface area contributed by atoms with E-state index in [9.17, 15) is 38.4 Å². The summed E-state index contributed by atoms with van der Waals surface area (Å²) < 4.78 is 77.7. The number of nitrogens with zero attached hydrogens (tertiary/aromatic N) is 18. The Bertz CT molecular complexity index is 6790. The highest BCUT2D eigenvalue weighted by Gasteiger charge is 2.31. The second-order valence-corrected chi connectivity index (χ2v) is 33.2. The number of pyridine rings is 4. The van der Waals surface area contributed by atoms with Crippen molar-refractivity contribution in [3.05, 3.63) is 255 Å². The zero-order chi connectivity index (χ0) is 103. The first kappa shape index (κ1) is 110. The number of amides is 5. The molecule has 5 amide bonds. The van der Waals surface area contributed by atoms with Crippen LogP contribution in [0.3, 0.4) is 0 Å². The van der Waals surface area contributed by atoms with Crippen LogP contribution >= 0.6 is 12.4 Å². The number of aryl methyl sites for hydroxylation is 2. The van der Waals surface area contributed by atoms with Gasteiger partial charge in [0.2, 0.25) is 6.29 Å². The number of anilines is 4. The van der Waals surface area contributed by atoms with Crippen LogP contribution in [0.25, 0.3) is 79.5 Å². The van der Waals surface area contributed by atoms with Crippen molar-refractivity contribution in [2.45, 2.75) is 113 Å². The van der Waals surface area contributed by atoms with Gasteiger partial charge in [-0.25, -0.2) is 14.3 Å². The lowest BCUT2D eigenvalue weighted by Gasteiger charge is -2.24. The maximum Gasteiger partial charge on any atom is 0.437 e. The summed E-state index contributed by atoms with van der Waals surface area (Å²) in [5.41, 5.74) is 9.09. The topological polar surface area (TPSA) is 548 Å². The molecule has 0 aliphatic carbocycles. The molecule has 0 bridgehead atoms. The summed E-state index contributed by atoms with van der Waals surface area (Å²) in [4.78, 5) is 117. The predicted molar refractivity (Wildman–Crippen MR) is 534 cm³/mol. The summed E-state index contributed by atoms with van der Waals surface area (Å²) in [7, 11) is 6.49. The van der Waals surface area contributed by atoms with Crippen molar-refractivity contribution in [3.63, 3.8) is 0 Å². The fraction of sp³-hybridized carbons (Fsp3) is 0.313. The highest BCUT2D eigenvalue weighted by Crippen LogP contribution is 2.33. The lowest BCUT2D eigenvalue weighted by Crippen LogP contribution is -2.48. The Balaban J connectivity index is 0.000000178. The molecule has 0 aliphatic rings. The van der Waals surface area contributed by atoms with Gasteiger partial charge in [0.1, 0.15) is 57.5 Å². The van der Waals surface area contributed by atoms with Crippen molar-refractivity contribution in [3.8, 4) is 79.5 Å². The largest absolute Gasteiger partial charge is 0.456 e. The Morgan fingerprint density at radius 3 is 1.23 bits per heavy atom. The number of carbonyl (C=O) groups is 8. The first-order valence-electron chi connectivity index (χ1n) is 45.7. The highest BCUT2D eigenvalue weighted by molar-refractivity contribution is 6.07. The zero-order valence-electron chi connectivity index (χ0n) is 82.6. The molecule has 0 fully saturated rings. The third-order valence-corrected chi connectivity index (χ3v) is 20.3. The fourth-order valence-corrected chi connectivity index (χ4v) is 13.1. The van der Waals surface area contributed by atoms with E-state index in [1.165, 1.54) is 37.8 Å². The normalized spacial score (nSPS) is 11.4. The van der Waals surface area contributed by atoms with Crippen LogP contribution in [0.4, 0.5) is 32.3 Å². The van der Waals surface area contributed by atoms with Gasteiger partial charge in [-0.3, -0.25) is 77.6 Å². The lowest BCUT2D eigenvalue weighted by atomic mass is 10.0. The van der Waals surface area contributed by atoms with Crippen LogP contribution in [0.2, 0.25) is 0 Å². The van der Waals surface area contributed by atoms with E-state index in [0.717, 1.165) is 26.2 Å². The number of esters is 1. The number of methoxy groups -OCH3 is 4. The van der Waals surface area contributed by atoms with E-state index in [0.29, 0.717) is 176 Å². The van der Waals surface area contributed by atoms with Crippen LogP contribution in [0, 0.1) is 25.7 Å². The van der Waals surface area contributed by atoms with E-state index in [2.05, 4.69) is 97.5 Å². The Morgan fingerprint density at radius 2 is 0.856 bits per heavy atom. The van der Waals surface area contributed by atoms with E-state index in [1.807, 2.05) is 81.4 Å². The molecular formula is C99H114ClN25O21. The van der Waals surface area contributed by atoms with Gasteiger partial charge in [-0.1, -0.05) is 52.0 Å². The van der Waals surface area contributed by atoms with Crippen LogP contribution in [-0.4, -0.2) is 246 Å². The number of alkyl carbamates (subject to hydrolysis) is 1. The van der Waals surface area contributed by atoms with Crippen LogP contribution in [0.15, 0.2) is 238 Å². The molecule has 0 spiro atoms. The molecular weight excluding hydrogens is 1910 g/mol. The first-order valence-corrected chi connectivity index (χ1v) is 45.7. The quantitative estimate of drug-likeness (QED) is 0.0107. The van der Waals surface area contributed by atoms with Crippen molar-refractivity contribution in [1.82, 2.24) is 104 Å². The average molecular weight is 2030 g/mol. The maximum atomic E-state index is 13.2. The number of aromatic nitrogens is 20. The van der Waals surface area contributed by atoms with Gasteiger partial charge in [0.25, 0.3) is 29.5 Å². The fourth-order valence-electron chi connectivity index (χ4n) is 13.1. The molecule has 16 heterocycles. The molecule has 7 N–H and O–H groups in total. The van der Waals surface area contributed by atoms with Gasteiger partial charge in [0.05, 0.1) is 166 Å². The van der Waals surface area contributed by atoms with Crippen molar-refractivity contribution >= 4 is 82.8 Å². The number of hydrogen-bond acceptors (Lipinski definition) is 33. The second-order valence-electron chi connectivity index (χ2n) is 33.2. The molecule has 0 saturated carbocycles. The number of furan rings is 4. The number of aromatic amines is 2. The Morgan fingerprint density at radius 1 is 0.432 bits per heavy atom. The van der Waals surface area contributed by atoms with Gasteiger partial charge in [0, 0.05) is 115 Å². The van der Waals surface area contributed by atoms with Crippen molar-refractivity contribution < 1.29 is 98.7 Å². The molecule has 46 nitrogen and oxygen atoms in total. The van der Waals surface area contributed by atoms with Gasteiger partial charge in [-0.2, -0.15) is 45.5 Å². The van der Waals surface area contributed by atoms with Crippen molar-refractivity contribution in [1.29, 1.82) is 0 Å². The smallest absolute Gasteiger partial charge is 0.437 e. The molecule has 146 heavy (non-hydrogen) atoms. The SMILES string of the molecule is CC(OC(=O)C(C)C)OC(=O)n1cccn1.COCCOCCn1cc(NC(=O)c2ccc(-c3cn[nH]c3)o2)c(-c2ccccn2)n1.COCCOCCn1cc(NC(=O)c2ccc(-c3cn[nH]c3C)o2)c(-c2ccccn2)n1.COCCn1cc(NC(=O)c2ccc(-c3cnn(C(=O)[C@@H](NC(=O)OC(C)(C)C)C(C)C)c3)o2)c(-c2ccccn2)n1.COCCn1cc(NC(=O)c2ccc(C)o2)c(-c2ccccn2)n1.Cl. The summed E-state index contributed by atoms with van der Waals surface area (Å²) >= 11 is 0. The number of H-pyrrole nitrogens is 2. The lowest BCUT2D eigenvalue weighted by molar-refractivity contribution is -0.168. The summed E-state index contributed by atoms with van der Waals surface area (Å²) in [6.07, 6.45) is 22.2. The number of carbonyl (C=O) groups excluding carboxylic acids is 8. The molecule has 47 heteroatoms. The van der Waals surface area contributed by atoms with Gasteiger partial charge in [-0.05, 0) is 144 Å². The van der Waals surface area contributed by atoms with E-state index >= 15 is 0 Å². The van der Waals surface area contributed by atoms with Crippen LogP contribution in [-0.2, 0) is 73.6 Å². The molecule has 0 saturated heterocycles. The maximum absolute atomic E-state index is 13.2. The minimum Gasteiger partial charge on any atom is -0.456 e. The van der Waals surface area contributed by atoms with Crippen molar-refractivity contribution in [2.24, 2.45) is 11.8 Å². The molecule has 0 radical (unpaired) electrons. The zero-order valence-corrected chi connectivity index (χ0v) is 83.4. The third-order valence-electron chi connectivity index (χ3n) is 20.3. The van der Waals surface area contributed by atoms with Crippen LogP contribution < -0.4 is 26.6 Å². The highest BCUT2D eigenvalue weighted by atomic mass is 35.5. The van der Waals surface area contributed by atoms with E-state index in [4.69, 9.17) is 60.3 Å². The molecule has 16 aromatic heterocycles. The molecule has 0 aliphatic heterocycles. The van der Waals surface area contributed by atoms with Crippen LogP contribution in [0.1, 0.15) is 114 Å². The molecule has 16 aromatic rings. The number of hydrogen-bond donors (Lipinski definition) is 7. The number of halogens is 1. The first-order chi connectivity index (χ1) is 70.0. The van der Waals surface area contributed by atoms with Gasteiger partial charge in [0.15, 0.2) is 23.0 Å². The Labute approximate surface area is 843 Å². The Kier molecular flexibility index (Phi) is 40.9. The minimum atomic E-state index is -0.924. The third kappa shape index (κ3) is 32.1. The van der Waals surface area contributed by atoms with E-state index < -0.39 is 47.9 Å². The molecule has 0 aromatic carbocycles. The monoisotopic (exact) mass is 2020 g/mol. The summed E-state index contributed by atoms with van der Waals surface area (Å²) in [5, 5.41) is 53.6. The average Bonchev–Trinajstić information content (AvgIpc) is 1.67. The van der Waals surface area contributed by atoms with Gasteiger partial charge < -0.3 is 86.9 Å². The Hall–Kier alpha value is -16.8. The number of ether oxygens (including phenoxy) is 9. The molecule has 2 atom stereocenters. The standard InChI is InChI=1S/C29H35N7O6.C22H24N6O4.C21H22N6O4.C17H18N4O3.C10H14N2O4.ClH/c1-18(2)24(33-28(39)42-29(3,4)5)27(38)36-16-19(15-31-36)22-10-11-23(41-22)26(37)32-21-17-35(13-14-40-6)34-25(21)20-9-7-8-12-30-20;1-15-16(13-24-26-15)19-6-7-20(32-19)22(29)25-18-14-28(9-10-31-12-11-30-2)27-21(18)17-5-3-4-8-23-17;1-29-10-11-30-9-8-27-14-17(20(26-27)16-4-2-3-7-22-16)25-21(28)19-6-5-18(31-19)15-12-23-24-13-15;1-12-6-7-15(24-12)17(22)19-14-11-21(9-10-23-2)20-16(14)13-5-3-4-8-18-13;1-7(2)9(13)15-8(3)16-10(14)12-6-4-5-11-12;/h7-12,15-18,24H,13-14H2,1-6H3,(H,32,37)(H,33,39);3-8,13-14H,9-12H2,1-2H3,(H,24,26)(H,25,29);2-7,12-14H,8-11H2,1H3,(H,23,24)(H,25,28);3-8,11H,9-10H2,1-2H3,(H,19,22);4-8H,1-3H3;1H/t24-;;;;;/m0...../s1. The summed E-state index contributed by atoms with van der Waals surface area (Å²) in [6, 6.07) is 36.0. The summed E-state index contributed by atoms with van der Waals surface area (Å²) in [5.74, 6) is -0.143. The van der Waals surface area contributed by atoms with Gasteiger partial charge >= 0.3 is 18.2 Å². The molecule has 16 rings (SSSR count). The van der Waals surface area contributed by atoms with Crippen LogP contribution in [0.5, 0.6) is 0 Å². The number of nitrogens with one attached hydrogen (secondary N) is 7. The summed E-state index contributed by atoms with van der Waals surface area (Å²) in [6.45, 7) is 23.5. The minimum absolute atomic E-state index is 0. The predicted octanol–water partition coefficient (Wildman–Crippen LogP) is 15.1.